The largest absolute Gasteiger partial charge is 0.459 e. The van der Waals surface area contributed by atoms with Crippen LogP contribution in [0.2, 0.25) is 5.02 Å². The highest BCUT2D eigenvalue weighted by atomic mass is 35.5. The summed E-state index contributed by atoms with van der Waals surface area (Å²) in [6, 6.07) is 28.7. The standard InChI is InChI=1S/C26H17ClN2O2/c27-18-12-13-23-21(15-18)20(17-7-2-1-3-8-17)16-24(28-23)19-9-4-5-10-22(19)29-26(30)25-11-6-14-31-25/h1-16H,(H,29,30). The van der Waals surface area contributed by atoms with E-state index >= 15 is 0 Å². The number of anilines is 1. The molecule has 5 rings (SSSR count). The van der Waals surface area contributed by atoms with E-state index in [1.54, 1.807) is 12.1 Å². The normalized spacial score (nSPS) is 10.9. The number of para-hydroxylation sites is 1. The number of nitrogens with zero attached hydrogens (tertiary/aromatic N) is 1. The molecule has 2 heterocycles. The molecule has 1 N–H and O–H groups in total. The van der Waals surface area contributed by atoms with Crippen LogP contribution in [-0.4, -0.2) is 10.9 Å². The van der Waals surface area contributed by atoms with Gasteiger partial charge in [-0.15, -0.1) is 0 Å². The van der Waals surface area contributed by atoms with Crippen molar-refractivity contribution < 1.29 is 9.21 Å². The zero-order valence-electron chi connectivity index (χ0n) is 16.4. The molecule has 5 aromatic rings. The summed E-state index contributed by atoms with van der Waals surface area (Å²) in [4.78, 5) is 17.4. The molecule has 4 nitrogen and oxygen atoms in total. The van der Waals surface area contributed by atoms with Crippen LogP contribution >= 0.6 is 11.6 Å². The lowest BCUT2D eigenvalue weighted by atomic mass is 9.98. The fraction of sp³-hybridized carbons (Fsp3) is 0. The second-order valence-corrected chi connectivity index (χ2v) is 7.50. The third-order valence-corrected chi connectivity index (χ3v) is 5.29. The number of amides is 1. The van der Waals surface area contributed by atoms with E-state index in [4.69, 9.17) is 21.0 Å². The summed E-state index contributed by atoms with van der Waals surface area (Å²) in [5.41, 5.74) is 5.14. The Hall–Kier alpha value is -3.89. The van der Waals surface area contributed by atoms with Crippen LogP contribution < -0.4 is 5.32 Å². The van der Waals surface area contributed by atoms with Crippen LogP contribution in [0.1, 0.15) is 10.6 Å². The second kappa shape index (κ2) is 8.09. The van der Waals surface area contributed by atoms with Gasteiger partial charge in [-0.1, -0.05) is 60.1 Å². The van der Waals surface area contributed by atoms with Gasteiger partial charge in [0.25, 0.3) is 5.91 Å². The second-order valence-electron chi connectivity index (χ2n) is 7.06. The third-order valence-electron chi connectivity index (χ3n) is 5.05. The van der Waals surface area contributed by atoms with Gasteiger partial charge >= 0.3 is 0 Å². The summed E-state index contributed by atoms with van der Waals surface area (Å²) in [5, 5.41) is 4.56. The van der Waals surface area contributed by atoms with Gasteiger partial charge in [-0.2, -0.15) is 0 Å². The molecule has 0 aliphatic heterocycles. The SMILES string of the molecule is O=C(Nc1ccccc1-c1cc(-c2ccccc2)c2cc(Cl)ccc2n1)c1ccco1. The fourth-order valence-corrected chi connectivity index (χ4v) is 3.77. The highest BCUT2D eigenvalue weighted by Crippen LogP contribution is 2.35. The van der Waals surface area contributed by atoms with E-state index in [-0.39, 0.29) is 11.7 Å². The summed E-state index contributed by atoms with van der Waals surface area (Å²) in [6.45, 7) is 0. The van der Waals surface area contributed by atoms with Crippen LogP contribution in [0.15, 0.2) is 102 Å². The number of rotatable bonds is 4. The molecular formula is C26H17ClN2O2. The van der Waals surface area contributed by atoms with E-state index in [2.05, 4.69) is 17.4 Å². The van der Waals surface area contributed by atoms with Gasteiger partial charge in [0.1, 0.15) is 0 Å². The number of fused-ring (bicyclic) bond motifs is 1. The van der Waals surface area contributed by atoms with Crippen molar-refractivity contribution >= 4 is 34.1 Å². The number of aromatic nitrogens is 1. The van der Waals surface area contributed by atoms with E-state index in [0.29, 0.717) is 10.7 Å². The van der Waals surface area contributed by atoms with Crippen LogP contribution in [0.4, 0.5) is 5.69 Å². The van der Waals surface area contributed by atoms with Gasteiger partial charge in [0.05, 0.1) is 23.2 Å². The zero-order chi connectivity index (χ0) is 21.2. The number of carbonyl (C=O) groups excluding carboxylic acids is 1. The Bertz CT molecular complexity index is 1380. The van der Waals surface area contributed by atoms with Crippen molar-refractivity contribution in [3.8, 4) is 22.4 Å². The van der Waals surface area contributed by atoms with Gasteiger partial charge in [0.2, 0.25) is 0 Å². The summed E-state index contributed by atoms with van der Waals surface area (Å²) < 4.78 is 5.22. The highest BCUT2D eigenvalue weighted by Gasteiger charge is 2.15. The number of furan rings is 1. The van der Waals surface area contributed by atoms with Crippen molar-refractivity contribution in [3.05, 3.63) is 108 Å². The third kappa shape index (κ3) is 3.81. The molecule has 3 aromatic carbocycles. The first-order valence-corrected chi connectivity index (χ1v) is 10.2. The Labute approximate surface area is 184 Å². The van der Waals surface area contributed by atoms with Gasteiger partial charge in [0.15, 0.2) is 5.76 Å². The summed E-state index contributed by atoms with van der Waals surface area (Å²) in [6.07, 6.45) is 1.48. The van der Waals surface area contributed by atoms with E-state index < -0.39 is 0 Å². The molecule has 0 saturated heterocycles. The number of benzene rings is 3. The van der Waals surface area contributed by atoms with E-state index in [1.807, 2.05) is 66.7 Å². The smallest absolute Gasteiger partial charge is 0.291 e. The minimum atomic E-state index is -0.312. The van der Waals surface area contributed by atoms with Gasteiger partial charge in [-0.3, -0.25) is 4.79 Å². The van der Waals surface area contributed by atoms with Crippen molar-refractivity contribution in [2.75, 3.05) is 5.32 Å². The Morgan fingerprint density at radius 3 is 2.45 bits per heavy atom. The number of pyridine rings is 1. The van der Waals surface area contributed by atoms with Crippen molar-refractivity contribution in [1.29, 1.82) is 0 Å². The molecule has 150 valence electrons. The number of carbonyl (C=O) groups is 1. The van der Waals surface area contributed by atoms with Gasteiger partial charge in [-0.05, 0) is 53.6 Å². The Kier molecular flexibility index (Phi) is 4.98. The molecule has 0 radical (unpaired) electrons. The number of hydrogen-bond acceptors (Lipinski definition) is 3. The lowest BCUT2D eigenvalue weighted by Gasteiger charge is -2.14. The molecule has 0 aliphatic rings. The van der Waals surface area contributed by atoms with E-state index in [1.165, 1.54) is 6.26 Å². The lowest BCUT2D eigenvalue weighted by molar-refractivity contribution is 0.0996. The maximum Gasteiger partial charge on any atom is 0.291 e. The minimum Gasteiger partial charge on any atom is -0.459 e. The van der Waals surface area contributed by atoms with Crippen LogP contribution in [0, 0.1) is 0 Å². The lowest BCUT2D eigenvalue weighted by Crippen LogP contribution is -2.11. The van der Waals surface area contributed by atoms with Crippen molar-refractivity contribution in [2.45, 2.75) is 0 Å². The maximum absolute atomic E-state index is 12.6. The van der Waals surface area contributed by atoms with Crippen LogP contribution in [0.5, 0.6) is 0 Å². The van der Waals surface area contributed by atoms with Gasteiger partial charge in [0, 0.05) is 16.0 Å². The Balaban J connectivity index is 1.66. The van der Waals surface area contributed by atoms with Gasteiger partial charge in [-0.25, -0.2) is 4.98 Å². The van der Waals surface area contributed by atoms with Crippen LogP contribution in [-0.2, 0) is 0 Å². The van der Waals surface area contributed by atoms with Crippen molar-refractivity contribution in [2.24, 2.45) is 0 Å². The molecule has 0 aliphatic carbocycles. The first-order chi connectivity index (χ1) is 15.2. The molecule has 0 spiro atoms. The number of halogens is 1. The Morgan fingerprint density at radius 2 is 1.65 bits per heavy atom. The molecule has 1 amide bonds. The number of hydrogen-bond donors (Lipinski definition) is 1. The van der Waals surface area contributed by atoms with Crippen LogP contribution in [0.3, 0.4) is 0 Å². The highest BCUT2D eigenvalue weighted by molar-refractivity contribution is 6.31. The van der Waals surface area contributed by atoms with E-state index in [9.17, 15) is 4.79 Å². The molecule has 31 heavy (non-hydrogen) atoms. The molecule has 0 unspecified atom stereocenters. The molecule has 0 bridgehead atoms. The molecule has 2 aromatic heterocycles. The fourth-order valence-electron chi connectivity index (χ4n) is 3.60. The average Bonchev–Trinajstić information content (AvgIpc) is 3.35. The first kappa shape index (κ1) is 19.1. The molecule has 0 fully saturated rings. The summed E-state index contributed by atoms with van der Waals surface area (Å²) >= 11 is 6.28. The first-order valence-electron chi connectivity index (χ1n) is 9.79. The minimum absolute atomic E-state index is 0.251. The van der Waals surface area contributed by atoms with Crippen LogP contribution in [0.25, 0.3) is 33.3 Å². The topological polar surface area (TPSA) is 55.1 Å². The van der Waals surface area contributed by atoms with Crippen molar-refractivity contribution in [3.63, 3.8) is 0 Å². The van der Waals surface area contributed by atoms with E-state index in [0.717, 1.165) is 33.3 Å². The Morgan fingerprint density at radius 1 is 0.839 bits per heavy atom. The average molecular weight is 425 g/mol. The monoisotopic (exact) mass is 424 g/mol. The molecule has 0 saturated carbocycles. The summed E-state index contributed by atoms with van der Waals surface area (Å²) in [7, 11) is 0. The van der Waals surface area contributed by atoms with Crippen molar-refractivity contribution in [1.82, 2.24) is 4.98 Å². The zero-order valence-corrected chi connectivity index (χ0v) is 17.1. The van der Waals surface area contributed by atoms with Gasteiger partial charge < -0.3 is 9.73 Å². The predicted octanol–water partition coefficient (Wildman–Crippen LogP) is 7.07. The predicted molar refractivity (Wildman–Crippen MR) is 124 cm³/mol. The molecule has 5 heteroatoms. The quantitative estimate of drug-likeness (QED) is 0.335. The number of nitrogens with one attached hydrogen (secondary N) is 1. The summed E-state index contributed by atoms with van der Waals surface area (Å²) in [5.74, 6) is -0.0609. The maximum atomic E-state index is 12.6. The molecular weight excluding hydrogens is 408 g/mol. The molecule has 0 atom stereocenters.